The number of amides is 1. The van der Waals surface area contributed by atoms with E-state index < -0.39 is 6.04 Å². The first-order valence-corrected chi connectivity index (χ1v) is 6.15. The van der Waals surface area contributed by atoms with Gasteiger partial charge in [-0.1, -0.05) is 6.08 Å². The number of likely N-dealkylation sites (N-methyl/N-ethyl adjacent to an activating group) is 1. The van der Waals surface area contributed by atoms with Gasteiger partial charge < -0.3 is 10.6 Å². The third-order valence-corrected chi connectivity index (χ3v) is 3.06. The highest BCUT2D eigenvalue weighted by Crippen LogP contribution is 2.17. The Balaban J connectivity index is 2.99. The van der Waals surface area contributed by atoms with Gasteiger partial charge >= 0.3 is 0 Å². The molecule has 1 amide bonds. The number of hydrogen-bond donors (Lipinski definition) is 2. The molecule has 1 heterocycles. The van der Waals surface area contributed by atoms with E-state index in [0.29, 0.717) is 16.7 Å². The minimum absolute atomic E-state index is 0.169. The predicted octanol–water partition coefficient (Wildman–Crippen LogP) is 0.738. The molecule has 0 aliphatic rings. The molecule has 0 bridgehead atoms. The van der Waals surface area contributed by atoms with Crippen LogP contribution >= 0.6 is 15.9 Å². The second kappa shape index (κ2) is 6.34. The molecule has 6 nitrogen and oxygen atoms in total. The van der Waals surface area contributed by atoms with Gasteiger partial charge in [0.2, 0.25) is 5.91 Å². The maximum atomic E-state index is 11.9. The van der Waals surface area contributed by atoms with Gasteiger partial charge in [0.1, 0.15) is 10.5 Å². The van der Waals surface area contributed by atoms with E-state index in [1.807, 2.05) is 0 Å². The molecule has 98 valence electrons. The van der Waals surface area contributed by atoms with Gasteiger partial charge in [-0.15, -0.1) is 6.58 Å². The Kier molecular flexibility index (Phi) is 5.08. The Morgan fingerprint density at radius 3 is 2.94 bits per heavy atom. The number of anilines is 1. The van der Waals surface area contributed by atoms with Gasteiger partial charge in [0, 0.05) is 7.05 Å². The average Bonchev–Trinajstić information content (AvgIpc) is 2.37. The predicted molar refractivity (Wildman–Crippen MR) is 73.5 cm³/mol. The van der Waals surface area contributed by atoms with Crippen LogP contribution in [0.2, 0.25) is 0 Å². The van der Waals surface area contributed by atoms with Gasteiger partial charge in [0.05, 0.1) is 18.4 Å². The van der Waals surface area contributed by atoms with Crippen LogP contribution in [0.1, 0.15) is 6.92 Å². The number of nitrogens with zero attached hydrogens (tertiary/aromatic N) is 2. The molecule has 18 heavy (non-hydrogen) atoms. The SMILES string of the molecule is C=CCn1ncc(NC(C)C(=O)NC)c(Br)c1=O. The molecule has 1 rings (SSSR count). The van der Waals surface area contributed by atoms with Crippen molar-refractivity contribution in [3.8, 4) is 0 Å². The quantitative estimate of drug-likeness (QED) is 0.786. The van der Waals surface area contributed by atoms with Gasteiger partial charge in [-0.2, -0.15) is 5.10 Å². The van der Waals surface area contributed by atoms with Crippen molar-refractivity contribution in [2.75, 3.05) is 12.4 Å². The lowest BCUT2D eigenvalue weighted by Gasteiger charge is -2.14. The summed E-state index contributed by atoms with van der Waals surface area (Å²) >= 11 is 3.20. The van der Waals surface area contributed by atoms with Crippen molar-refractivity contribution in [2.45, 2.75) is 19.5 Å². The fourth-order valence-corrected chi connectivity index (χ4v) is 1.75. The molecule has 1 atom stereocenters. The largest absolute Gasteiger partial charge is 0.372 e. The van der Waals surface area contributed by atoms with E-state index in [0.717, 1.165) is 0 Å². The van der Waals surface area contributed by atoms with Gasteiger partial charge in [-0.25, -0.2) is 4.68 Å². The number of halogens is 1. The molecular formula is C11H15BrN4O2. The molecule has 0 aliphatic heterocycles. The summed E-state index contributed by atoms with van der Waals surface area (Å²) in [6.45, 7) is 5.58. The van der Waals surface area contributed by atoms with Crippen LogP contribution in [0.5, 0.6) is 0 Å². The molecule has 0 aromatic carbocycles. The maximum Gasteiger partial charge on any atom is 0.283 e. The summed E-state index contributed by atoms with van der Waals surface area (Å²) < 4.78 is 1.61. The molecule has 0 fully saturated rings. The number of allylic oxidation sites excluding steroid dienone is 1. The van der Waals surface area contributed by atoms with Gasteiger partial charge in [0.25, 0.3) is 5.56 Å². The Morgan fingerprint density at radius 1 is 1.72 bits per heavy atom. The van der Waals surface area contributed by atoms with E-state index in [-0.39, 0.29) is 11.5 Å². The van der Waals surface area contributed by atoms with E-state index in [1.54, 1.807) is 20.0 Å². The molecule has 0 radical (unpaired) electrons. The minimum Gasteiger partial charge on any atom is -0.372 e. The number of rotatable bonds is 5. The monoisotopic (exact) mass is 314 g/mol. The third kappa shape index (κ3) is 3.19. The summed E-state index contributed by atoms with van der Waals surface area (Å²) in [5, 5.41) is 9.40. The molecule has 7 heteroatoms. The molecule has 1 aromatic rings. The number of carbonyl (C=O) groups excluding carboxylic acids is 1. The summed E-state index contributed by atoms with van der Waals surface area (Å²) in [7, 11) is 1.55. The summed E-state index contributed by atoms with van der Waals surface area (Å²) in [4.78, 5) is 23.2. The Bertz CT molecular complexity index is 512. The normalized spacial score (nSPS) is 11.7. The molecule has 2 N–H and O–H groups in total. The van der Waals surface area contributed by atoms with Crippen molar-refractivity contribution < 1.29 is 4.79 Å². The topological polar surface area (TPSA) is 76.0 Å². The zero-order valence-corrected chi connectivity index (χ0v) is 11.8. The lowest BCUT2D eigenvalue weighted by Crippen LogP contribution is -2.36. The first kappa shape index (κ1) is 14.4. The molecule has 0 aliphatic carbocycles. The van der Waals surface area contributed by atoms with Crippen LogP contribution in [0.3, 0.4) is 0 Å². The first-order chi connectivity index (χ1) is 8.51. The van der Waals surface area contributed by atoms with Gasteiger partial charge in [0.15, 0.2) is 0 Å². The van der Waals surface area contributed by atoms with E-state index in [1.165, 1.54) is 10.9 Å². The van der Waals surface area contributed by atoms with Crippen molar-refractivity contribution in [1.82, 2.24) is 15.1 Å². The van der Waals surface area contributed by atoms with Crippen LogP contribution in [0.25, 0.3) is 0 Å². The Labute approximate surface area is 113 Å². The van der Waals surface area contributed by atoms with Crippen molar-refractivity contribution in [2.24, 2.45) is 0 Å². The molecule has 0 saturated carbocycles. The molecule has 1 unspecified atom stereocenters. The number of nitrogens with one attached hydrogen (secondary N) is 2. The van der Waals surface area contributed by atoms with E-state index in [4.69, 9.17) is 0 Å². The zero-order valence-electron chi connectivity index (χ0n) is 10.2. The number of aromatic nitrogens is 2. The second-order valence-electron chi connectivity index (χ2n) is 3.63. The Hall–Kier alpha value is -1.63. The highest BCUT2D eigenvalue weighted by Gasteiger charge is 2.14. The number of carbonyl (C=O) groups is 1. The minimum atomic E-state index is -0.456. The standard InChI is InChI=1S/C11H15BrN4O2/c1-4-5-16-11(18)9(12)8(6-14-16)15-7(2)10(17)13-3/h4,6-7,15H,1,5H2,2-3H3,(H,13,17). The fourth-order valence-electron chi connectivity index (χ4n) is 1.33. The third-order valence-electron chi connectivity index (χ3n) is 2.30. The highest BCUT2D eigenvalue weighted by molar-refractivity contribution is 9.10. The smallest absolute Gasteiger partial charge is 0.283 e. The number of hydrogen-bond acceptors (Lipinski definition) is 4. The highest BCUT2D eigenvalue weighted by atomic mass is 79.9. The van der Waals surface area contributed by atoms with E-state index in [2.05, 4.69) is 38.2 Å². The fraction of sp³-hybridized carbons (Fsp3) is 0.364. The van der Waals surface area contributed by atoms with E-state index >= 15 is 0 Å². The van der Waals surface area contributed by atoms with Crippen LogP contribution in [-0.4, -0.2) is 28.8 Å². The van der Waals surface area contributed by atoms with Crippen molar-refractivity contribution in [3.05, 3.63) is 33.7 Å². The Morgan fingerprint density at radius 2 is 2.39 bits per heavy atom. The zero-order chi connectivity index (χ0) is 13.7. The van der Waals surface area contributed by atoms with Crippen LogP contribution < -0.4 is 16.2 Å². The first-order valence-electron chi connectivity index (χ1n) is 5.36. The maximum absolute atomic E-state index is 11.9. The summed E-state index contributed by atoms with van der Waals surface area (Å²) in [6, 6.07) is -0.456. The molecular weight excluding hydrogens is 300 g/mol. The lowest BCUT2D eigenvalue weighted by molar-refractivity contribution is -0.121. The summed E-state index contributed by atoms with van der Waals surface area (Å²) in [5.74, 6) is -0.169. The van der Waals surface area contributed by atoms with E-state index in [9.17, 15) is 9.59 Å². The van der Waals surface area contributed by atoms with Crippen LogP contribution in [0.4, 0.5) is 5.69 Å². The van der Waals surface area contributed by atoms with Crippen LogP contribution in [0.15, 0.2) is 28.1 Å². The lowest BCUT2D eigenvalue weighted by atomic mass is 10.3. The van der Waals surface area contributed by atoms with Crippen molar-refractivity contribution >= 4 is 27.5 Å². The summed E-state index contributed by atoms with van der Waals surface area (Å²) in [6.07, 6.45) is 3.08. The molecule has 1 aromatic heterocycles. The van der Waals surface area contributed by atoms with Gasteiger partial charge in [-0.3, -0.25) is 9.59 Å². The van der Waals surface area contributed by atoms with Crippen LogP contribution in [-0.2, 0) is 11.3 Å². The molecule has 0 spiro atoms. The van der Waals surface area contributed by atoms with Crippen molar-refractivity contribution in [3.63, 3.8) is 0 Å². The average molecular weight is 315 g/mol. The van der Waals surface area contributed by atoms with Crippen molar-refractivity contribution in [1.29, 1.82) is 0 Å². The van der Waals surface area contributed by atoms with Crippen LogP contribution in [0, 0.1) is 0 Å². The molecule has 0 saturated heterocycles. The van der Waals surface area contributed by atoms with Gasteiger partial charge in [-0.05, 0) is 22.9 Å². The summed E-state index contributed by atoms with van der Waals surface area (Å²) in [5.41, 5.74) is 0.209. The second-order valence-corrected chi connectivity index (χ2v) is 4.42.